The molecule has 0 spiro atoms. The SMILES string of the molecule is COc1ccc(N[C@H](C)C(=O)Nc2ccccc2OC)cc1. The predicted molar refractivity (Wildman–Crippen MR) is 87.7 cm³/mol. The van der Waals surface area contributed by atoms with Crippen molar-refractivity contribution >= 4 is 17.3 Å². The maximum absolute atomic E-state index is 12.3. The number of amides is 1. The van der Waals surface area contributed by atoms with Gasteiger partial charge in [0.1, 0.15) is 17.5 Å². The summed E-state index contributed by atoms with van der Waals surface area (Å²) in [5, 5.41) is 6.00. The molecule has 1 atom stereocenters. The second kappa shape index (κ2) is 7.36. The number of nitrogens with one attached hydrogen (secondary N) is 2. The fourth-order valence-corrected chi connectivity index (χ4v) is 1.99. The van der Waals surface area contributed by atoms with E-state index in [1.54, 1.807) is 33.3 Å². The first kappa shape index (κ1) is 15.7. The third-order valence-corrected chi connectivity index (χ3v) is 3.23. The molecule has 116 valence electrons. The van der Waals surface area contributed by atoms with Gasteiger partial charge in [0.15, 0.2) is 0 Å². The average molecular weight is 300 g/mol. The van der Waals surface area contributed by atoms with Crippen molar-refractivity contribution in [2.75, 3.05) is 24.9 Å². The summed E-state index contributed by atoms with van der Waals surface area (Å²) >= 11 is 0. The van der Waals surface area contributed by atoms with E-state index in [0.29, 0.717) is 11.4 Å². The largest absolute Gasteiger partial charge is 0.497 e. The average Bonchev–Trinajstić information content (AvgIpc) is 2.56. The van der Waals surface area contributed by atoms with E-state index in [0.717, 1.165) is 11.4 Å². The summed E-state index contributed by atoms with van der Waals surface area (Å²) < 4.78 is 10.3. The van der Waals surface area contributed by atoms with Gasteiger partial charge in [-0.2, -0.15) is 0 Å². The molecule has 0 saturated carbocycles. The first-order valence-corrected chi connectivity index (χ1v) is 6.98. The van der Waals surface area contributed by atoms with Crippen molar-refractivity contribution < 1.29 is 14.3 Å². The molecule has 0 aliphatic rings. The van der Waals surface area contributed by atoms with Crippen molar-refractivity contribution in [1.29, 1.82) is 0 Å². The number of carbonyl (C=O) groups is 1. The Hall–Kier alpha value is -2.69. The quantitative estimate of drug-likeness (QED) is 0.860. The van der Waals surface area contributed by atoms with Crippen LogP contribution in [0.2, 0.25) is 0 Å². The number of hydrogen-bond donors (Lipinski definition) is 2. The number of methoxy groups -OCH3 is 2. The van der Waals surface area contributed by atoms with Crippen molar-refractivity contribution in [2.45, 2.75) is 13.0 Å². The van der Waals surface area contributed by atoms with Crippen LogP contribution in [0.15, 0.2) is 48.5 Å². The van der Waals surface area contributed by atoms with E-state index in [1.807, 2.05) is 36.4 Å². The zero-order chi connectivity index (χ0) is 15.9. The Morgan fingerprint density at radius 1 is 1.00 bits per heavy atom. The van der Waals surface area contributed by atoms with Gasteiger partial charge in [-0.3, -0.25) is 4.79 Å². The molecule has 2 aromatic rings. The predicted octanol–water partition coefficient (Wildman–Crippen LogP) is 3.14. The van der Waals surface area contributed by atoms with E-state index in [1.165, 1.54) is 0 Å². The minimum absolute atomic E-state index is 0.139. The molecule has 0 fully saturated rings. The molecule has 0 heterocycles. The fourth-order valence-electron chi connectivity index (χ4n) is 1.99. The molecule has 0 bridgehead atoms. The Balaban J connectivity index is 1.99. The first-order valence-electron chi connectivity index (χ1n) is 6.98. The Morgan fingerprint density at radius 3 is 2.32 bits per heavy atom. The van der Waals surface area contributed by atoms with Crippen LogP contribution in [0.5, 0.6) is 11.5 Å². The Bertz CT molecular complexity index is 626. The van der Waals surface area contributed by atoms with Crippen molar-refractivity contribution in [3.05, 3.63) is 48.5 Å². The molecule has 2 aromatic carbocycles. The lowest BCUT2D eigenvalue weighted by molar-refractivity contribution is -0.116. The van der Waals surface area contributed by atoms with Gasteiger partial charge in [-0.15, -0.1) is 0 Å². The number of ether oxygens (including phenoxy) is 2. The first-order chi connectivity index (χ1) is 10.6. The molecule has 0 radical (unpaired) electrons. The fraction of sp³-hybridized carbons (Fsp3) is 0.235. The molecule has 5 nitrogen and oxygen atoms in total. The summed E-state index contributed by atoms with van der Waals surface area (Å²) in [5.41, 5.74) is 1.50. The Labute approximate surface area is 130 Å². The van der Waals surface area contributed by atoms with E-state index < -0.39 is 6.04 Å². The van der Waals surface area contributed by atoms with E-state index in [4.69, 9.17) is 9.47 Å². The smallest absolute Gasteiger partial charge is 0.246 e. The van der Waals surface area contributed by atoms with Crippen molar-refractivity contribution in [3.63, 3.8) is 0 Å². The summed E-state index contributed by atoms with van der Waals surface area (Å²) in [6.07, 6.45) is 0. The number of para-hydroxylation sites is 2. The second-order valence-electron chi connectivity index (χ2n) is 4.78. The van der Waals surface area contributed by atoms with E-state index in [-0.39, 0.29) is 5.91 Å². The highest BCUT2D eigenvalue weighted by molar-refractivity contribution is 5.97. The summed E-state index contributed by atoms with van der Waals surface area (Å²) in [6, 6.07) is 14.3. The van der Waals surface area contributed by atoms with Gasteiger partial charge in [-0.05, 0) is 43.3 Å². The summed E-state index contributed by atoms with van der Waals surface area (Å²) in [5.74, 6) is 1.27. The van der Waals surface area contributed by atoms with Gasteiger partial charge < -0.3 is 20.1 Å². The Morgan fingerprint density at radius 2 is 1.68 bits per heavy atom. The van der Waals surface area contributed by atoms with Crippen LogP contribution in [-0.4, -0.2) is 26.2 Å². The maximum Gasteiger partial charge on any atom is 0.246 e. The molecule has 1 amide bonds. The van der Waals surface area contributed by atoms with Gasteiger partial charge >= 0.3 is 0 Å². The van der Waals surface area contributed by atoms with Crippen LogP contribution in [0.1, 0.15) is 6.92 Å². The van der Waals surface area contributed by atoms with E-state index >= 15 is 0 Å². The highest BCUT2D eigenvalue weighted by Crippen LogP contribution is 2.23. The molecule has 2 rings (SSSR count). The molecule has 0 aliphatic heterocycles. The van der Waals surface area contributed by atoms with Gasteiger partial charge in [-0.1, -0.05) is 12.1 Å². The van der Waals surface area contributed by atoms with Crippen LogP contribution in [0.25, 0.3) is 0 Å². The van der Waals surface area contributed by atoms with Gasteiger partial charge in [0.25, 0.3) is 0 Å². The number of carbonyl (C=O) groups excluding carboxylic acids is 1. The lowest BCUT2D eigenvalue weighted by Crippen LogP contribution is -2.31. The summed E-state index contributed by atoms with van der Waals surface area (Å²) in [7, 11) is 3.19. The second-order valence-corrected chi connectivity index (χ2v) is 4.78. The summed E-state index contributed by atoms with van der Waals surface area (Å²) in [6.45, 7) is 1.80. The van der Waals surface area contributed by atoms with Crippen LogP contribution in [-0.2, 0) is 4.79 Å². The molecular formula is C17H20N2O3. The van der Waals surface area contributed by atoms with Gasteiger partial charge in [0.05, 0.1) is 19.9 Å². The number of hydrogen-bond acceptors (Lipinski definition) is 4. The third kappa shape index (κ3) is 3.91. The van der Waals surface area contributed by atoms with Crippen molar-refractivity contribution in [1.82, 2.24) is 0 Å². The zero-order valence-electron chi connectivity index (χ0n) is 12.9. The topological polar surface area (TPSA) is 59.6 Å². The van der Waals surface area contributed by atoms with Gasteiger partial charge in [0, 0.05) is 5.69 Å². The molecule has 2 N–H and O–H groups in total. The van der Waals surface area contributed by atoms with Crippen LogP contribution in [0.3, 0.4) is 0 Å². The molecular weight excluding hydrogens is 280 g/mol. The number of rotatable bonds is 6. The minimum atomic E-state index is -0.390. The minimum Gasteiger partial charge on any atom is -0.497 e. The molecule has 0 unspecified atom stereocenters. The molecule has 0 aliphatic carbocycles. The zero-order valence-corrected chi connectivity index (χ0v) is 12.9. The monoisotopic (exact) mass is 300 g/mol. The van der Waals surface area contributed by atoms with Gasteiger partial charge in [-0.25, -0.2) is 0 Å². The molecule has 0 aromatic heterocycles. The normalized spacial score (nSPS) is 11.4. The Kier molecular flexibility index (Phi) is 5.25. The van der Waals surface area contributed by atoms with Crippen LogP contribution in [0.4, 0.5) is 11.4 Å². The molecule has 22 heavy (non-hydrogen) atoms. The van der Waals surface area contributed by atoms with Crippen molar-refractivity contribution in [2.24, 2.45) is 0 Å². The maximum atomic E-state index is 12.3. The van der Waals surface area contributed by atoms with E-state index in [2.05, 4.69) is 10.6 Å². The van der Waals surface area contributed by atoms with Crippen LogP contribution >= 0.6 is 0 Å². The molecule has 5 heteroatoms. The highest BCUT2D eigenvalue weighted by Gasteiger charge is 2.14. The number of anilines is 2. The van der Waals surface area contributed by atoms with Crippen molar-refractivity contribution in [3.8, 4) is 11.5 Å². The highest BCUT2D eigenvalue weighted by atomic mass is 16.5. The number of benzene rings is 2. The summed E-state index contributed by atoms with van der Waals surface area (Å²) in [4.78, 5) is 12.3. The van der Waals surface area contributed by atoms with Gasteiger partial charge in [0.2, 0.25) is 5.91 Å². The standard InChI is InChI=1S/C17H20N2O3/c1-12(18-13-8-10-14(21-2)11-9-13)17(20)19-15-6-4-5-7-16(15)22-3/h4-12,18H,1-3H3,(H,19,20)/t12-/m1/s1. The lowest BCUT2D eigenvalue weighted by Gasteiger charge is -2.16. The van der Waals surface area contributed by atoms with E-state index in [9.17, 15) is 4.79 Å². The third-order valence-electron chi connectivity index (χ3n) is 3.23. The lowest BCUT2D eigenvalue weighted by atomic mass is 10.2. The van der Waals surface area contributed by atoms with Crippen LogP contribution < -0.4 is 20.1 Å². The molecule has 0 saturated heterocycles. The van der Waals surface area contributed by atoms with Crippen LogP contribution in [0, 0.1) is 0 Å².